The lowest BCUT2D eigenvalue weighted by Crippen LogP contribution is -2.23. The molecular weight excluding hydrogens is 216 g/mol. The molecule has 0 aliphatic carbocycles. The number of nitrogens with zero attached hydrogens (tertiary/aromatic N) is 1. The highest BCUT2D eigenvalue weighted by Gasteiger charge is 2.05. The Kier molecular flexibility index (Phi) is 3.72. The van der Waals surface area contributed by atoms with Crippen molar-refractivity contribution in [3.63, 3.8) is 0 Å². The van der Waals surface area contributed by atoms with Crippen LogP contribution in [0.3, 0.4) is 0 Å². The summed E-state index contributed by atoms with van der Waals surface area (Å²) in [6, 6.07) is 3.50. The van der Waals surface area contributed by atoms with Crippen molar-refractivity contribution < 1.29 is 4.79 Å². The molecule has 4 N–H and O–H groups in total. The van der Waals surface area contributed by atoms with Crippen molar-refractivity contribution in [3.05, 3.63) is 35.7 Å². The first-order valence-electron chi connectivity index (χ1n) is 5.64. The smallest absolute Gasteiger partial charge is 0.267 e. The molecule has 0 aromatic carbocycles. The summed E-state index contributed by atoms with van der Waals surface area (Å²) in [5.41, 5.74) is 7.70. The summed E-state index contributed by atoms with van der Waals surface area (Å²) in [4.78, 5) is 14.9. The first-order chi connectivity index (χ1) is 8.25. The van der Waals surface area contributed by atoms with Crippen LogP contribution in [-0.4, -0.2) is 30.5 Å². The number of hydrogen-bond acceptors (Lipinski definition) is 4. The molecule has 0 saturated carbocycles. The van der Waals surface area contributed by atoms with Gasteiger partial charge in [0, 0.05) is 25.0 Å². The molecule has 0 radical (unpaired) electrons. The fourth-order valence-electron chi connectivity index (χ4n) is 1.72. The van der Waals surface area contributed by atoms with Crippen molar-refractivity contribution in [1.82, 2.24) is 10.3 Å². The molecule has 0 spiro atoms. The van der Waals surface area contributed by atoms with E-state index in [1.165, 1.54) is 5.57 Å². The molecule has 1 aromatic heterocycles. The maximum Gasteiger partial charge on any atom is 0.267 e. The van der Waals surface area contributed by atoms with E-state index in [1.54, 1.807) is 12.3 Å². The van der Waals surface area contributed by atoms with Gasteiger partial charge in [0.1, 0.15) is 5.69 Å². The van der Waals surface area contributed by atoms with Gasteiger partial charge in [0.2, 0.25) is 0 Å². The second-order valence-corrected chi connectivity index (χ2v) is 3.96. The highest BCUT2D eigenvalue weighted by Crippen LogP contribution is 2.10. The lowest BCUT2D eigenvalue weighted by Gasteiger charge is -2.15. The molecule has 90 valence electrons. The number of carbonyl (C=O) groups is 1. The van der Waals surface area contributed by atoms with Crippen molar-refractivity contribution in [2.24, 2.45) is 5.73 Å². The number of amides is 1. The SMILES string of the molecule is NC(=O)c1cc(NCC2=CCNCC2)ccn1. The van der Waals surface area contributed by atoms with Gasteiger partial charge in [-0.25, -0.2) is 0 Å². The first-order valence-corrected chi connectivity index (χ1v) is 5.64. The normalized spacial score (nSPS) is 15.2. The molecular formula is C12H16N4O. The topological polar surface area (TPSA) is 80.0 Å². The van der Waals surface area contributed by atoms with E-state index in [4.69, 9.17) is 5.73 Å². The predicted octanol–water partition coefficient (Wildman–Crippen LogP) is 0.512. The molecule has 2 rings (SSSR count). The minimum absolute atomic E-state index is 0.286. The van der Waals surface area contributed by atoms with Crippen molar-refractivity contribution in [2.45, 2.75) is 6.42 Å². The Morgan fingerprint density at radius 1 is 1.59 bits per heavy atom. The lowest BCUT2D eigenvalue weighted by molar-refractivity contribution is 0.0995. The van der Waals surface area contributed by atoms with Crippen LogP contribution in [0.5, 0.6) is 0 Å². The summed E-state index contributed by atoms with van der Waals surface area (Å²) in [5.74, 6) is -0.505. The van der Waals surface area contributed by atoms with E-state index in [0.29, 0.717) is 0 Å². The Balaban J connectivity index is 1.96. The zero-order chi connectivity index (χ0) is 12.1. The molecule has 2 heterocycles. The molecule has 1 aromatic rings. The van der Waals surface area contributed by atoms with E-state index < -0.39 is 5.91 Å². The summed E-state index contributed by atoms with van der Waals surface area (Å²) < 4.78 is 0. The van der Waals surface area contributed by atoms with Gasteiger partial charge in [0.05, 0.1) is 0 Å². The van der Waals surface area contributed by atoms with E-state index in [2.05, 4.69) is 21.7 Å². The fourth-order valence-corrected chi connectivity index (χ4v) is 1.72. The number of pyridine rings is 1. The van der Waals surface area contributed by atoms with Crippen molar-refractivity contribution in [1.29, 1.82) is 0 Å². The van der Waals surface area contributed by atoms with Gasteiger partial charge in [-0.05, 0) is 25.1 Å². The Labute approximate surface area is 100 Å². The van der Waals surface area contributed by atoms with Crippen LogP contribution in [0.2, 0.25) is 0 Å². The van der Waals surface area contributed by atoms with Crippen LogP contribution in [0.1, 0.15) is 16.9 Å². The second-order valence-electron chi connectivity index (χ2n) is 3.96. The minimum Gasteiger partial charge on any atom is -0.381 e. The van der Waals surface area contributed by atoms with E-state index in [1.807, 2.05) is 6.07 Å². The molecule has 0 fully saturated rings. The Bertz CT molecular complexity index is 442. The van der Waals surface area contributed by atoms with Gasteiger partial charge in [0.25, 0.3) is 5.91 Å². The summed E-state index contributed by atoms with van der Waals surface area (Å²) >= 11 is 0. The maximum absolute atomic E-state index is 11.0. The highest BCUT2D eigenvalue weighted by molar-refractivity contribution is 5.91. The van der Waals surface area contributed by atoms with Crippen LogP contribution in [0, 0.1) is 0 Å². The quantitative estimate of drug-likeness (QED) is 0.661. The number of anilines is 1. The third kappa shape index (κ3) is 3.29. The van der Waals surface area contributed by atoms with Crippen molar-refractivity contribution >= 4 is 11.6 Å². The van der Waals surface area contributed by atoms with Gasteiger partial charge in [-0.15, -0.1) is 0 Å². The number of hydrogen-bond donors (Lipinski definition) is 3. The number of aromatic nitrogens is 1. The zero-order valence-corrected chi connectivity index (χ0v) is 9.57. The summed E-state index contributed by atoms with van der Waals surface area (Å²) in [6.07, 6.45) is 4.83. The van der Waals surface area contributed by atoms with Crippen LogP contribution in [0.25, 0.3) is 0 Å². The highest BCUT2D eigenvalue weighted by atomic mass is 16.1. The molecule has 1 aliphatic rings. The summed E-state index contributed by atoms with van der Waals surface area (Å²) in [6.45, 7) is 2.75. The average Bonchev–Trinajstić information content (AvgIpc) is 2.38. The van der Waals surface area contributed by atoms with Gasteiger partial charge in [-0.2, -0.15) is 0 Å². The maximum atomic E-state index is 11.0. The number of rotatable bonds is 4. The van der Waals surface area contributed by atoms with Crippen LogP contribution >= 0.6 is 0 Å². The van der Waals surface area contributed by atoms with E-state index >= 15 is 0 Å². The first kappa shape index (κ1) is 11.6. The number of nitrogens with one attached hydrogen (secondary N) is 2. The largest absolute Gasteiger partial charge is 0.381 e. The fraction of sp³-hybridized carbons (Fsp3) is 0.333. The lowest BCUT2D eigenvalue weighted by atomic mass is 10.1. The van der Waals surface area contributed by atoms with Crippen molar-refractivity contribution in [2.75, 3.05) is 25.0 Å². The molecule has 5 heteroatoms. The van der Waals surface area contributed by atoms with Crippen LogP contribution in [0.15, 0.2) is 30.0 Å². The molecule has 17 heavy (non-hydrogen) atoms. The summed E-state index contributed by atoms with van der Waals surface area (Å²) in [7, 11) is 0. The minimum atomic E-state index is -0.505. The van der Waals surface area contributed by atoms with Gasteiger partial charge in [-0.3, -0.25) is 9.78 Å². The summed E-state index contributed by atoms with van der Waals surface area (Å²) in [5, 5.41) is 6.53. The number of primary amides is 1. The second kappa shape index (κ2) is 5.45. The standard InChI is InChI=1S/C12H16N4O/c13-12(17)11-7-10(3-6-15-11)16-8-9-1-4-14-5-2-9/h1,3,6-7,14H,2,4-5,8H2,(H2,13,17)(H,15,16). The Hall–Kier alpha value is -1.88. The molecule has 5 nitrogen and oxygen atoms in total. The van der Waals surface area contributed by atoms with Crippen LogP contribution < -0.4 is 16.4 Å². The van der Waals surface area contributed by atoms with Crippen molar-refractivity contribution in [3.8, 4) is 0 Å². The monoisotopic (exact) mass is 232 g/mol. The third-order valence-corrected chi connectivity index (χ3v) is 2.69. The number of carbonyl (C=O) groups excluding carboxylic acids is 1. The molecule has 0 bridgehead atoms. The van der Waals surface area contributed by atoms with E-state index in [-0.39, 0.29) is 5.69 Å². The average molecular weight is 232 g/mol. The molecule has 0 unspecified atom stereocenters. The molecule has 1 aliphatic heterocycles. The number of nitrogens with two attached hydrogens (primary N) is 1. The van der Waals surface area contributed by atoms with Gasteiger partial charge in [-0.1, -0.05) is 11.6 Å². The van der Waals surface area contributed by atoms with Gasteiger partial charge >= 0.3 is 0 Å². The van der Waals surface area contributed by atoms with Crippen LogP contribution in [-0.2, 0) is 0 Å². The van der Waals surface area contributed by atoms with Gasteiger partial charge in [0.15, 0.2) is 0 Å². The Morgan fingerprint density at radius 2 is 2.47 bits per heavy atom. The molecule has 0 atom stereocenters. The third-order valence-electron chi connectivity index (χ3n) is 2.69. The van der Waals surface area contributed by atoms with E-state index in [9.17, 15) is 4.79 Å². The Morgan fingerprint density at radius 3 is 3.18 bits per heavy atom. The van der Waals surface area contributed by atoms with Gasteiger partial charge < -0.3 is 16.4 Å². The van der Waals surface area contributed by atoms with Crippen LogP contribution in [0.4, 0.5) is 5.69 Å². The molecule has 1 amide bonds. The zero-order valence-electron chi connectivity index (χ0n) is 9.57. The molecule has 0 saturated heterocycles. The predicted molar refractivity (Wildman–Crippen MR) is 66.8 cm³/mol. The van der Waals surface area contributed by atoms with E-state index in [0.717, 1.165) is 31.7 Å².